The molecule has 0 bridgehead atoms. The molecule has 5 heteroatoms. The molecule has 2 rings (SSSR count). The fraction of sp³-hybridized carbons (Fsp3) is 0.467. The van der Waals surface area contributed by atoms with E-state index in [0.717, 1.165) is 27.3 Å². The Hall–Kier alpha value is -1.62. The summed E-state index contributed by atoms with van der Waals surface area (Å²) in [5.41, 5.74) is 2.14. The first-order chi connectivity index (χ1) is 9.51. The first-order valence-corrected chi connectivity index (χ1v) is 7.53. The number of benzene rings is 1. The normalized spacial score (nSPS) is 12.7. The molecule has 1 unspecified atom stereocenters. The summed E-state index contributed by atoms with van der Waals surface area (Å²) in [7, 11) is 1.42. The van der Waals surface area contributed by atoms with E-state index in [1.807, 2.05) is 25.1 Å². The van der Waals surface area contributed by atoms with Gasteiger partial charge < -0.3 is 10.1 Å². The standard InChI is InChI=1S/C15H20N2O2S/c1-9(2)8-11(14(18)19-4)16-15-17-13-10(3)6-5-7-12(13)20-15/h5-7,9,11H,8H2,1-4H3,(H,16,17). The number of esters is 1. The van der Waals surface area contributed by atoms with Crippen molar-refractivity contribution in [1.82, 2.24) is 4.98 Å². The van der Waals surface area contributed by atoms with E-state index in [9.17, 15) is 4.79 Å². The molecule has 1 heterocycles. The molecule has 0 saturated carbocycles. The molecule has 4 nitrogen and oxygen atoms in total. The summed E-state index contributed by atoms with van der Waals surface area (Å²) in [5.74, 6) is 0.164. The van der Waals surface area contributed by atoms with Gasteiger partial charge in [0.1, 0.15) is 6.04 Å². The van der Waals surface area contributed by atoms with Gasteiger partial charge in [-0.2, -0.15) is 0 Å². The van der Waals surface area contributed by atoms with Crippen LogP contribution in [0.3, 0.4) is 0 Å². The Morgan fingerprint density at radius 1 is 1.45 bits per heavy atom. The SMILES string of the molecule is COC(=O)C(CC(C)C)Nc1nc2c(C)cccc2s1. The average Bonchev–Trinajstić information content (AvgIpc) is 2.80. The van der Waals surface area contributed by atoms with Crippen molar-refractivity contribution < 1.29 is 9.53 Å². The molecule has 1 atom stereocenters. The Morgan fingerprint density at radius 2 is 2.20 bits per heavy atom. The number of rotatable bonds is 5. The zero-order chi connectivity index (χ0) is 14.7. The van der Waals surface area contributed by atoms with Crippen molar-refractivity contribution in [3.8, 4) is 0 Å². The van der Waals surface area contributed by atoms with Crippen LogP contribution in [0.5, 0.6) is 0 Å². The number of carbonyl (C=O) groups is 1. The van der Waals surface area contributed by atoms with E-state index in [1.165, 1.54) is 7.11 Å². The maximum Gasteiger partial charge on any atom is 0.328 e. The Balaban J connectivity index is 2.24. The van der Waals surface area contributed by atoms with Crippen molar-refractivity contribution in [2.45, 2.75) is 33.2 Å². The summed E-state index contributed by atoms with van der Waals surface area (Å²) < 4.78 is 5.98. The monoisotopic (exact) mass is 292 g/mol. The Morgan fingerprint density at radius 3 is 2.80 bits per heavy atom. The predicted octanol–water partition coefficient (Wildman–Crippen LogP) is 3.60. The topological polar surface area (TPSA) is 51.2 Å². The van der Waals surface area contributed by atoms with Crippen molar-refractivity contribution in [3.63, 3.8) is 0 Å². The van der Waals surface area contributed by atoms with Crippen LogP contribution in [0.25, 0.3) is 10.2 Å². The molecule has 1 N–H and O–H groups in total. The summed E-state index contributed by atoms with van der Waals surface area (Å²) >= 11 is 1.56. The van der Waals surface area contributed by atoms with Gasteiger partial charge in [-0.1, -0.05) is 37.3 Å². The first kappa shape index (κ1) is 14.8. The van der Waals surface area contributed by atoms with E-state index in [1.54, 1.807) is 11.3 Å². The molecular formula is C15H20N2O2S. The number of para-hydroxylation sites is 1. The van der Waals surface area contributed by atoms with E-state index in [-0.39, 0.29) is 12.0 Å². The summed E-state index contributed by atoms with van der Waals surface area (Å²) in [6, 6.07) is 5.75. The molecule has 108 valence electrons. The lowest BCUT2D eigenvalue weighted by Crippen LogP contribution is -2.32. The number of ether oxygens (including phenoxy) is 1. The van der Waals surface area contributed by atoms with Crippen LogP contribution in [0, 0.1) is 12.8 Å². The molecular weight excluding hydrogens is 272 g/mol. The molecule has 0 aliphatic heterocycles. The summed E-state index contributed by atoms with van der Waals surface area (Å²) in [5, 5.41) is 3.98. The van der Waals surface area contributed by atoms with Crippen LogP contribution in [0.4, 0.5) is 5.13 Å². The maximum absolute atomic E-state index is 11.8. The molecule has 1 aromatic heterocycles. The molecule has 2 aromatic rings. The fourth-order valence-electron chi connectivity index (χ4n) is 2.12. The molecule has 0 fully saturated rings. The van der Waals surface area contributed by atoms with Gasteiger partial charge in [0.15, 0.2) is 5.13 Å². The number of fused-ring (bicyclic) bond motifs is 1. The zero-order valence-electron chi connectivity index (χ0n) is 12.3. The first-order valence-electron chi connectivity index (χ1n) is 6.71. The highest BCUT2D eigenvalue weighted by molar-refractivity contribution is 7.22. The van der Waals surface area contributed by atoms with Gasteiger partial charge in [-0.3, -0.25) is 0 Å². The minimum atomic E-state index is -0.346. The second-order valence-corrected chi connectivity index (χ2v) is 6.32. The quantitative estimate of drug-likeness (QED) is 0.855. The van der Waals surface area contributed by atoms with E-state index >= 15 is 0 Å². The number of thiazole rings is 1. The van der Waals surface area contributed by atoms with E-state index in [2.05, 4.69) is 24.1 Å². The van der Waals surface area contributed by atoms with Crippen molar-refractivity contribution in [2.75, 3.05) is 12.4 Å². The van der Waals surface area contributed by atoms with E-state index < -0.39 is 0 Å². The highest BCUT2D eigenvalue weighted by Crippen LogP contribution is 2.28. The van der Waals surface area contributed by atoms with Gasteiger partial charge in [0.05, 0.1) is 17.3 Å². The molecule has 0 radical (unpaired) electrons. The third-order valence-electron chi connectivity index (χ3n) is 3.11. The van der Waals surface area contributed by atoms with Crippen LogP contribution in [0.2, 0.25) is 0 Å². The lowest BCUT2D eigenvalue weighted by atomic mass is 10.0. The van der Waals surface area contributed by atoms with Gasteiger partial charge in [-0.15, -0.1) is 0 Å². The Labute approximate surface area is 123 Å². The smallest absolute Gasteiger partial charge is 0.328 e. The minimum absolute atomic E-state index is 0.241. The number of hydrogen-bond acceptors (Lipinski definition) is 5. The van der Waals surface area contributed by atoms with Gasteiger partial charge in [-0.25, -0.2) is 9.78 Å². The number of aromatic nitrogens is 1. The molecule has 0 aliphatic rings. The molecule has 0 aliphatic carbocycles. The van der Waals surface area contributed by atoms with Crippen LogP contribution in [0.1, 0.15) is 25.8 Å². The number of methoxy groups -OCH3 is 1. The van der Waals surface area contributed by atoms with Crippen LogP contribution in [0.15, 0.2) is 18.2 Å². The second kappa shape index (κ2) is 6.22. The van der Waals surface area contributed by atoms with E-state index in [0.29, 0.717) is 5.92 Å². The molecule has 0 amide bonds. The lowest BCUT2D eigenvalue weighted by molar-refractivity contribution is -0.141. The number of hydrogen-bond donors (Lipinski definition) is 1. The summed E-state index contributed by atoms with van der Waals surface area (Å²) in [6.45, 7) is 6.21. The van der Waals surface area contributed by atoms with E-state index in [4.69, 9.17) is 4.74 Å². The van der Waals surface area contributed by atoms with Crippen LogP contribution in [-0.2, 0) is 9.53 Å². The largest absolute Gasteiger partial charge is 0.467 e. The Bertz CT molecular complexity index is 607. The zero-order valence-corrected chi connectivity index (χ0v) is 13.1. The average molecular weight is 292 g/mol. The molecule has 1 aromatic carbocycles. The van der Waals surface area contributed by atoms with Crippen molar-refractivity contribution in [2.24, 2.45) is 5.92 Å². The number of aryl methyl sites for hydroxylation is 1. The lowest BCUT2D eigenvalue weighted by Gasteiger charge is -2.17. The van der Waals surface area contributed by atoms with Gasteiger partial charge in [-0.05, 0) is 30.9 Å². The molecule has 0 saturated heterocycles. The second-order valence-electron chi connectivity index (χ2n) is 5.29. The van der Waals surface area contributed by atoms with Crippen LogP contribution < -0.4 is 5.32 Å². The number of nitrogens with one attached hydrogen (secondary N) is 1. The predicted molar refractivity (Wildman–Crippen MR) is 83.2 cm³/mol. The molecule has 20 heavy (non-hydrogen) atoms. The third kappa shape index (κ3) is 3.28. The van der Waals surface area contributed by atoms with Crippen molar-refractivity contribution >= 4 is 32.7 Å². The fourth-order valence-corrected chi connectivity index (χ4v) is 3.12. The van der Waals surface area contributed by atoms with Gasteiger partial charge in [0, 0.05) is 0 Å². The van der Waals surface area contributed by atoms with Crippen molar-refractivity contribution in [1.29, 1.82) is 0 Å². The molecule has 0 spiro atoms. The summed E-state index contributed by atoms with van der Waals surface area (Å²) in [6.07, 6.45) is 0.724. The Kier molecular flexibility index (Phi) is 4.60. The highest BCUT2D eigenvalue weighted by atomic mass is 32.1. The minimum Gasteiger partial charge on any atom is -0.467 e. The highest BCUT2D eigenvalue weighted by Gasteiger charge is 2.21. The van der Waals surface area contributed by atoms with Crippen molar-refractivity contribution in [3.05, 3.63) is 23.8 Å². The number of anilines is 1. The van der Waals surface area contributed by atoms with Gasteiger partial charge >= 0.3 is 5.97 Å². The number of carbonyl (C=O) groups excluding carboxylic acids is 1. The maximum atomic E-state index is 11.8. The van der Waals surface area contributed by atoms with Crippen LogP contribution >= 0.6 is 11.3 Å². The van der Waals surface area contributed by atoms with Gasteiger partial charge in [0.25, 0.3) is 0 Å². The third-order valence-corrected chi connectivity index (χ3v) is 4.06. The summed E-state index contributed by atoms with van der Waals surface area (Å²) in [4.78, 5) is 16.4. The number of nitrogens with zero attached hydrogens (tertiary/aromatic N) is 1. The van der Waals surface area contributed by atoms with Gasteiger partial charge in [0.2, 0.25) is 0 Å². The van der Waals surface area contributed by atoms with Crippen LogP contribution in [-0.4, -0.2) is 24.1 Å².